The number of benzene rings is 2. The minimum Gasteiger partial charge on any atom is -0.475 e. The Morgan fingerprint density at radius 1 is 1.03 bits per heavy atom. The standard InChI is InChI=1S/C23H29ClN4O3S.C2HF3O2/c1-17-8-12-28(13-9-17)23(29)18-2-7-22(27-14-10-25-11-15-27)21(16-18)26-32(30,31)20-5-3-19(24)4-6-20;3-2(4,5)1(6)7/h2-7,16-17,25-26H,8-15H2,1H3;(H,6,7). The smallest absolute Gasteiger partial charge is 0.475 e. The van der Waals surface area contributed by atoms with Crippen molar-refractivity contribution in [2.75, 3.05) is 48.9 Å². The highest BCUT2D eigenvalue weighted by atomic mass is 35.5. The summed E-state index contributed by atoms with van der Waals surface area (Å²) in [6.45, 7) is 6.80. The zero-order valence-electron chi connectivity index (χ0n) is 21.2. The molecular weight excluding hydrogens is 561 g/mol. The molecule has 0 spiro atoms. The maximum absolute atomic E-state index is 13.1. The third-order valence-electron chi connectivity index (χ3n) is 6.38. The van der Waals surface area contributed by atoms with Crippen molar-refractivity contribution in [3.63, 3.8) is 0 Å². The summed E-state index contributed by atoms with van der Waals surface area (Å²) in [5.41, 5.74) is 1.68. The molecular formula is C25H30ClF3N4O5S. The van der Waals surface area contributed by atoms with Crippen LogP contribution in [0, 0.1) is 5.92 Å². The second-order valence-electron chi connectivity index (χ2n) is 9.31. The fraction of sp³-hybridized carbons (Fsp3) is 0.440. The monoisotopic (exact) mass is 590 g/mol. The van der Waals surface area contributed by atoms with Gasteiger partial charge in [0, 0.05) is 49.9 Å². The topological polar surface area (TPSA) is 119 Å². The van der Waals surface area contributed by atoms with Gasteiger partial charge in [0.05, 0.1) is 16.3 Å². The lowest BCUT2D eigenvalue weighted by Crippen LogP contribution is -2.44. The van der Waals surface area contributed by atoms with Gasteiger partial charge < -0.3 is 20.2 Å². The number of carbonyl (C=O) groups excluding carboxylic acids is 1. The summed E-state index contributed by atoms with van der Waals surface area (Å²) in [6, 6.07) is 11.4. The average molecular weight is 591 g/mol. The molecule has 2 aromatic carbocycles. The lowest BCUT2D eigenvalue weighted by Gasteiger charge is -2.32. The first-order chi connectivity index (χ1) is 18.3. The molecule has 2 heterocycles. The van der Waals surface area contributed by atoms with Crippen molar-refractivity contribution in [1.29, 1.82) is 0 Å². The summed E-state index contributed by atoms with van der Waals surface area (Å²) >= 11 is 5.92. The van der Waals surface area contributed by atoms with Crippen molar-refractivity contribution in [3.05, 3.63) is 53.1 Å². The fourth-order valence-corrected chi connectivity index (χ4v) is 5.34. The molecule has 9 nitrogen and oxygen atoms in total. The van der Waals surface area contributed by atoms with Gasteiger partial charge in [0.2, 0.25) is 0 Å². The number of carbonyl (C=O) groups is 2. The Bertz CT molecular complexity index is 1260. The van der Waals surface area contributed by atoms with E-state index in [0.29, 0.717) is 22.2 Å². The normalized spacial score (nSPS) is 16.7. The summed E-state index contributed by atoms with van der Waals surface area (Å²) in [7, 11) is -3.84. The van der Waals surface area contributed by atoms with Gasteiger partial charge in [0.15, 0.2) is 0 Å². The van der Waals surface area contributed by atoms with Crippen molar-refractivity contribution < 1.29 is 36.3 Å². The van der Waals surface area contributed by atoms with Gasteiger partial charge in [-0.05, 0) is 61.2 Å². The zero-order chi connectivity index (χ0) is 28.8. The quantitative estimate of drug-likeness (QED) is 0.481. The maximum atomic E-state index is 13.1. The summed E-state index contributed by atoms with van der Waals surface area (Å²) in [6.07, 6.45) is -3.11. The number of likely N-dealkylation sites (tertiary alicyclic amines) is 1. The van der Waals surface area contributed by atoms with Crippen LogP contribution in [0.4, 0.5) is 24.5 Å². The molecule has 0 atom stereocenters. The fourth-order valence-electron chi connectivity index (χ4n) is 4.14. The first-order valence-electron chi connectivity index (χ1n) is 12.3. The van der Waals surface area contributed by atoms with Crippen LogP contribution in [-0.4, -0.2) is 75.7 Å². The molecule has 0 radical (unpaired) electrons. The Balaban J connectivity index is 0.000000532. The molecule has 0 bridgehead atoms. The van der Waals surface area contributed by atoms with E-state index in [1.807, 2.05) is 11.0 Å². The Morgan fingerprint density at radius 2 is 1.59 bits per heavy atom. The van der Waals surface area contributed by atoms with E-state index in [1.54, 1.807) is 24.3 Å². The summed E-state index contributed by atoms with van der Waals surface area (Å²) in [4.78, 5) is 26.1. The lowest BCUT2D eigenvalue weighted by atomic mass is 9.98. The van der Waals surface area contributed by atoms with Crippen LogP contribution in [0.15, 0.2) is 47.4 Å². The Morgan fingerprint density at radius 3 is 2.13 bits per heavy atom. The first-order valence-corrected chi connectivity index (χ1v) is 14.1. The summed E-state index contributed by atoms with van der Waals surface area (Å²) in [5.74, 6) is -2.20. The predicted molar refractivity (Wildman–Crippen MR) is 142 cm³/mol. The van der Waals surface area contributed by atoms with Gasteiger partial charge in [-0.3, -0.25) is 9.52 Å². The second-order valence-corrected chi connectivity index (χ2v) is 11.4. The molecule has 2 aromatic rings. The number of carboxylic acids is 1. The first kappa shape index (κ1) is 30.5. The number of rotatable bonds is 5. The summed E-state index contributed by atoms with van der Waals surface area (Å²) in [5, 5.41) is 10.9. The van der Waals surface area contributed by atoms with E-state index >= 15 is 0 Å². The number of hydrogen-bond acceptors (Lipinski definition) is 6. The molecule has 2 fully saturated rings. The molecule has 2 aliphatic rings. The predicted octanol–water partition coefficient (Wildman–Crippen LogP) is 4.06. The largest absolute Gasteiger partial charge is 0.490 e. The molecule has 2 aliphatic heterocycles. The Kier molecular flexibility index (Phi) is 10.1. The Hall–Kier alpha value is -3.03. The molecule has 0 unspecified atom stereocenters. The number of hydrogen-bond donors (Lipinski definition) is 3. The van der Waals surface area contributed by atoms with Gasteiger partial charge in [-0.25, -0.2) is 13.2 Å². The van der Waals surface area contributed by atoms with E-state index < -0.39 is 22.2 Å². The van der Waals surface area contributed by atoms with E-state index in [-0.39, 0.29) is 10.8 Å². The van der Waals surface area contributed by atoms with E-state index in [9.17, 15) is 26.4 Å². The number of aliphatic carboxylic acids is 1. The minimum atomic E-state index is -5.08. The number of amides is 1. The number of anilines is 2. The van der Waals surface area contributed by atoms with Gasteiger partial charge in [-0.1, -0.05) is 18.5 Å². The summed E-state index contributed by atoms with van der Waals surface area (Å²) < 4.78 is 60.6. The number of piperazine rings is 1. The molecule has 0 aliphatic carbocycles. The number of nitrogens with zero attached hydrogens (tertiary/aromatic N) is 2. The van der Waals surface area contributed by atoms with Crippen molar-refractivity contribution in [3.8, 4) is 0 Å². The van der Waals surface area contributed by atoms with Crippen LogP contribution in [0.5, 0.6) is 0 Å². The number of halogens is 4. The van der Waals surface area contributed by atoms with E-state index in [1.165, 1.54) is 12.1 Å². The van der Waals surface area contributed by atoms with Crippen LogP contribution < -0.4 is 14.9 Å². The maximum Gasteiger partial charge on any atom is 0.490 e. The van der Waals surface area contributed by atoms with Crippen LogP contribution in [0.3, 0.4) is 0 Å². The van der Waals surface area contributed by atoms with E-state index in [2.05, 4.69) is 21.9 Å². The number of carboxylic acid groups (broad SMARTS) is 1. The van der Waals surface area contributed by atoms with Crippen molar-refractivity contribution in [2.24, 2.45) is 5.92 Å². The van der Waals surface area contributed by atoms with Gasteiger partial charge in [0.1, 0.15) is 0 Å². The van der Waals surface area contributed by atoms with Gasteiger partial charge in [0.25, 0.3) is 15.9 Å². The highest BCUT2D eigenvalue weighted by molar-refractivity contribution is 7.92. The van der Waals surface area contributed by atoms with Crippen LogP contribution in [0.25, 0.3) is 0 Å². The molecule has 1 amide bonds. The molecule has 214 valence electrons. The van der Waals surface area contributed by atoms with Gasteiger partial charge in [-0.15, -0.1) is 0 Å². The average Bonchev–Trinajstić information content (AvgIpc) is 2.89. The second kappa shape index (κ2) is 12.9. The SMILES string of the molecule is CC1CCN(C(=O)c2ccc(N3CCNCC3)c(NS(=O)(=O)c3ccc(Cl)cc3)c2)CC1.O=C(O)C(F)(F)F. The molecule has 0 saturated carbocycles. The Labute approximate surface area is 230 Å². The third-order valence-corrected chi connectivity index (χ3v) is 8.02. The van der Waals surface area contributed by atoms with E-state index in [0.717, 1.165) is 57.8 Å². The van der Waals surface area contributed by atoms with Crippen LogP contribution in [0.2, 0.25) is 5.02 Å². The highest BCUT2D eigenvalue weighted by Crippen LogP contribution is 2.31. The number of sulfonamides is 1. The van der Waals surface area contributed by atoms with Crippen LogP contribution in [-0.2, 0) is 14.8 Å². The number of alkyl halides is 3. The number of piperidine rings is 1. The molecule has 2 saturated heterocycles. The molecule has 4 rings (SSSR count). The van der Waals surface area contributed by atoms with E-state index in [4.69, 9.17) is 21.5 Å². The highest BCUT2D eigenvalue weighted by Gasteiger charge is 2.38. The molecule has 0 aromatic heterocycles. The molecule has 14 heteroatoms. The third kappa shape index (κ3) is 8.48. The minimum absolute atomic E-state index is 0.0595. The molecule has 39 heavy (non-hydrogen) atoms. The van der Waals surface area contributed by atoms with Gasteiger partial charge >= 0.3 is 12.1 Å². The zero-order valence-corrected chi connectivity index (χ0v) is 22.7. The lowest BCUT2D eigenvalue weighted by molar-refractivity contribution is -0.192. The van der Waals surface area contributed by atoms with Crippen LogP contribution in [0.1, 0.15) is 30.1 Å². The molecule has 3 N–H and O–H groups in total. The van der Waals surface area contributed by atoms with Crippen molar-refractivity contribution in [1.82, 2.24) is 10.2 Å². The van der Waals surface area contributed by atoms with Crippen molar-refractivity contribution in [2.45, 2.75) is 30.8 Å². The van der Waals surface area contributed by atoms with Crippen LogP contribution >= 0.6 is 11.6 Å². The number of nitrogens with one attached hydrogen (secondary N) is 2. The van der Waals surface area contributed by atoms with Crippen molar-refractivity contribution >= 4 is 44.9 Å². The van der Waals surface area contributed by atoms with Gasteiger partial charge in [-0.2, -0.15) is 13.2 Å².